The summed E-state index contributed by atoms with van der Waals surface area (Å²) in [7, 11) is 1.57. The number of hydrogen-bond donors (Lipinski definition) is 3. The molecule has 11 nitrogen and oxygen atoms in total. The van der Waals surface area contributed by atoms with Crippen LogP contribution in [0.2, 0.25) is 0 Å². The lowest BCUT2D eigenvalue weighted by molar-refractivity contribution is -0.117. The summed E-state index contributed by atoms with van der Waals surface area (Å²) in [6, 6.07) is 10.5. The van der Waals surface area contributed by atoms with Gasteiger partial charge in [0.1, 0.15) is 17.3 Å². The Balaban J connectivity index is 1.31. The maximum atomic E-state index is 13.1. The van der Waals surface area contributed by atoms with Gasteiger partial charge in [-0.05, 0) is 61.2 Å². The number of carbonyl (C=O) groups is 3. The average Bonchev–Trinajstić information content (AvgIpc) is 3.63. The summed E-state index contributed by atoms with van der Waals surface area (Å²) in [6.07, 6.45) is 5.86. The summed E-state index contributed by atoms with van der Waals surface area (Å²) in [4.78, 5) is 47.4. The Bertz CT molecular complexity index is 1520. The van der Waals surface area contributed by atoms with Gasteiger partial charge in [-0.1, -0.05) is 11.8 Å². The molecule has 4 N–H and O–H groups in total. The number of thiophene rings is 1. The molecule has 1 aliphatic rings. The second-order valence-corrected chi connectivity index (χ2v) is 10.7. The number of benzene rings is 1. The first-order chi connectivity index (χ1) is 18.9. The SMILES string of the molecule is COc1ccc(NC(=O)CSc2nc(-c3ccncc3)nn2CC(=O)Nc2sc3c(c2C(N)=O)CCC3)cc1. The van der Waals surface area contributed by atoms with Crippen LogP contribution in [-0.4, -0.2) is 50.3 Å². The van der Waals surface area contributed by atoms with Gasteiger partial charge in [0.2, 0.25) is 11.8 Å². The van der Waals surface area contributed by atoms with E-state index in [9.17, 15) is 14.4 Å². The van der Waals surface area contributed by atoms with Crippen molar-refractivity contribution in [2.24, 2.45) is 5.73 Å². The molecule has 3 aromatic heterocycles. The van der Waals surface area contributed by atoms with Crippen LogP contribution < -0.4 is 21.1 Å². The Morgan fingerprint density at radius 3 is 2.56 bits per heavy atom. The Hall–Kier alpha value is -4.23. The van der Waals surface area contributed by atoms with Crippen LogP contribution in [0, 0.1) is 0 Å². The van der Waals surface area contributed by atoms with E-state index in [-0.39, 0.29) is 24.1 Å². The fraction of sp³-hybridized carbons (Fsp3) is 0.231. The molecule has 0 radical (unpaired) electrons. The number of methoxy groups -OCH3 is 1. The molecule has 1 aliphatic carbocycles. The van der Waals surface area contributed by atoms with Crippen LogP contribution in [0.25, 0.3) is 11.4 Å². The van der Waals surface area contributed by atoms with Crippen molar-refractivity contribution in [1.82, 2.24) is 19.7 Å². The predicted octanol–water partition coefficient (Wildman–Crippen LogP) is 3.37. The van der Waals surface area contributed by atoms with Crippen LogP contribution in [0.5, 0.6) is 5.75 Å². The quantitative estimate of drug-likeness (QED) is 0.248. The molecule has 1 aromatic carbocycles. The zero-order chi connectivity index (χ0) is 27.4. The summed E-state index contributed by atoms with van der Waals surface area (Å²) >= 11 is 2.55. The number of pyridine rings is 1. The smallest absolute Gasteiger partial charge is 0.251 e. The minimum Gasteiger partial charge on any atom is -0.497 e. The highest BCUT2D eigenvalue weighted by atomic mass is 32.2. The fourth-order valence-electron chi connectivity index (χ4n) is 4.22. The van der Waals surface area contributed by atoms with Gasteiger partial charge >= 0.3 is 0 Å². The molecule has 39 heavy (non-hydrogen) atoms. The van der Waals surface area contributed by atoms with Crippen molar-refractivity contribution in [3.63, 3.8) is 0 Å². The van der Waals surface area contributed by atoms with Gasteiger partial charge in [0.15, 0.2) is 11.0 Å². The molecule has 200 valence electrons. The van der Waals surface area contributed by atoms with Crippen LogP contribution >= 0.6 is 23.1 Å². The molecule has 0 bridgehead atoms. The Morgan fingerprint density at radius 1 is 1.08 bits per heavy atom. The minimum absolute atomic E-state index is 0.0472. The maximum Gasteiger partial charge on any atom is 0.251 e. The Morgan fingerprint density at radius 2 is 1.85 bits per heavy atom. The molecular weight excluding hydrogens is 538 g/mol. The molecule has 3 amide bonds. The van der Waals surface area contributed by atoms with E-state index in [1.54, 1.807) is 55.9 Å². The zero-order valence-electron chi connectivity index (χ0n) is 21.0. The second kappa shape index (κ2) is 11.7. The van der Waals surface area contributed by atoms with Crippen molar-refractivity contribution in [1.29, 1.82) is 0 Å². The normalized spacial score (nSPS) is 12.1. The van der Waals surface area contributed by atoms with Crippen molar-refractivity contribution in [2.45, 2.75) is 31.0 Å². The van der Waals surface area contributed by atoms with Gasteiger partial charge in [0.25, 0.3) is 5.91 Å². The number of aromatic nitrogens is 4. The van der Waals surface area contributed by atoms with Gasteiger partial charge in [-0.25, -0.2) is 9.67 Å². The van der Waals surface area contributed by atoms with Gasteiger partial charge in [-0.2, -0.15) is 0 Å². The van der Waals surface area contributed by atoms with Crippen LogP contribution in [0.3, 0.4) is 0 Å². The van der Waals surface area contributed by atoms with Gasteiger partial charge in [-0.3, -0.25) is 19.4 Å². The van der Waals surface area contributed by atoms with Crippen LogP contribution in [0.1, 0.15) is 27.2 Å². The molecule has 5 rings (SSSR count). The van der Waals surface area contributed by atoms with E-state index >= 15 is 0 Å². The van der Waals surface area contributed by atoms with Gasteiger partial charge in [-0.15, -0.1) is 16.4 Å². The molecule has 0 unspecified atom stereocenters. The molecule has 0 saturated heterocycles. The largest absolute Gasteiger partial charge is 0.497 e. The highest BCUT2D eigenvalue weighted by Crippen LogP contribution is 2.38. The molecule has 0 fully saturated rings. The lowest BCUT2D eigenvalue weighted by Crippen LogP contribution is -2.22. The standard InChI is InChI=1S/C26H25N7O4S2/c1-37-17-7-5-16(6-8-17)29-21(35)14-38-26-31-24(15-9-11-28-12-10-15)32-33(26)13-20(34)30-25-22(23(27)36)18-3-2-4-19(18)39-25/h5-12H,2-4,13-14H2,1H3,(H2,27,36)(H,29,35)(H,30,34). The van der Waals surface area contributed by atoms with Crippen LogP contribution in [0.15, 0.2) is 53.9 Å². The number of anilines is 2. The zero-order valence-corrected chi connectivity index (χ0v) is 22.6. The molecule has 0 atom stereocenters. The Kier molecular flexibility index (Phi) is 7.89. The van der Waals surface area contributed by atoms with E-state index in [0.29, 0.717) is 33.0 Å². The highest BCUT2D eigenvalue weighted by molar-refractivity contribution is 7.99. The number of nitrogens with one attached hydrogen (secondary N) is 2. The molecule has 3 heterocycles. The predicted molar refractivity (Wildman–Crippen MR) is 149 cm³/mol. The molecule has 0 saturated carbocycles. The second-order valence-electron chi connectivity index (χ2n) is 8.65. The van der Waals surface area contributed by atoms with Crippen molar-refractivity contribution < 1.29 is 19.1 Å². The third-order valence-corrected chi connectivity index (χ3v) is 8.17. The summed E-state index contributed by atoms with van der Waals surface area (Å²) in [5.74, 6) is -0.0406. The average molecular weight is 564 g/mol. The highest BCUT2D eigenvalue weighted by Gasteiger charge is 2.26. The number of aryl methyl sites for hydroxylation is 1. The van der Waals surface area contributed by atoms with E-state index in [0.717, 1.165) is 47.0 Å². The Labute approximate surface area is 232 Å². The van der Waals surface area contributed by atoms with E-state index in [1.807, 2.05) is 0 Å². The van der Waals surface area contributed by atoms with E-state index in [4.69, 9.17) is 10.5 Å². The van der Waals surface area contributed by atoms with Crippen LogP contribution in [-0.2, 0) is 29.0 Å². The summed E-state index contributed by atoms with van der Waals surface area (Å²) in [6.45, 7) is -0.165. The third kappa shape index (κ3) is 6.10. The summed E-state index contributed by atoms with van der Waals surface area (Å²) in [5.41, 5.74) is 8.30. The molecule has 13 heteroatoms. The van der Waals surface area contributed by atoms with E-state index in [1.165, 1.54) is 16.0 Å². The number of ether oxygens (including phenoxy) is 1. The molecule has 4 aromatic rings. The summed E-state index contributed by atoms with van der Waals surface area (Å²) in [5, 5.41) is 11.0. The maximum absolute atomic E-state index is 13.1. The first kappa shape index (κ1) is 26.4. The number of nitrogens with zero attached hydrogens (tertiary/aromatic N) is 4. The monoisotopic (exact) mass is 563 g/mol. The number of hydrogen-bond acceptors (Lipinski definition) is 9. The van der Waals surface area contributed by atoms with E-state index in [2.05, 4.69) is 25.7 Å². The van der Waals surface area contributed by atoms with E-state index < -0.39 is 5.91 Å². The van der Waals surface area contributed by atoms with Gasteiger partial charge < -0.3 is 21.1 Å². The van der Waals surface area contributed by atoms with Crippen molar-refractivity contribution >= 4 is 51.5 Å². The first-order valence-electron chi connectivity index (χ1n) is 12.1. The third-order valence-electron chi connectivity index (χ3n) is 6.00. The number of thioether (sulfide) groups is 1. The topological polar surface area (TPSA) is 154 Å². The van der Waals surface area contributed by atoms with Crippen molar-refractivity contribution in [3.05, 3.63) is 64.8 Å². The number of primary amides is 1. The number of carbonyl (C=O) groups excluding carboxylic acids is 3. The van der Waals surface area contributed by atoms with Crippen molar-refractivity contribution in [2.75, 3.05) is 23.5 Å². The fourth-order valence-corrected chi connectivity index (χ4v) is 6.27. The van der Waals surface area contributed by atoms with Gasteiger partial charge in [0.05, 0.1) is 18.4 Å². The van der Waals surface area contributed by atoms with Gasteiger partial charge in [0, 0.05) is 28.5 Å². The molecule has 0 aliphatic heterocycles. The lowest BCUT2D eigenvalue weighted by Gasteiger charge is -2.08. The first-order valence-corrected chi connectivity index (χ1v) is 13.9. The van der Waals surface area contributed by atoms with Crippen LogP contribution in [0.4, 0.5) is 10.7 Å². The van der Waals surface area contributed by atoms with Crippen molar-refractivity contribution in [3.8, 4) is 17.1 Å². The number of nitrogens with two attached hydrogens (primary N) is 1. The number of fused-ring (bicyclic) bond motifs is 1. The minimum atomic E-state index is -0.551. The summed E-state index contributed by atoms with van der Waals surface area (Å²) < 4.78 is 6.59. The number of rotatable bonds is 10. The molecular formula is C26H25N7O4S2. The lowest BCUT2D eigenvalue weighted by atomic mass is 10.1. The number of amides is 3. The molecule has 0 spiro atoms.